The van der Waals surface area contributed by atoms with E-state index in [4.69, 9.17) is 0 Å². The first-order chi connectivity index (χ1) is 5.70. The van der Waals surface area contributed by atoms with E-state index in [0.29, 0.717) is 13.1 Å². The summed E-state index contributed by atoms with van der Waals surface area (Å²) in [5.74, 6) is 0. The normalized spacial score (nSPS) is 9.67. The minimum atomic E-state index is -0.501. The van der Waals surface area contributed by atoms with Crippen LogP contribution in [0.1, 0.15) is 0 Å². The lowest BCUT2D eigenvalue weighted by molar-refractivity contribution is -0.403. The van der Waals surface area contributed by atoms with Gasteiger partial charge in [-0.2, -0.15) is 0 Å². The molecule has 12 heavy (non-hydrogen) atoms. The fourth-order valence-electron chi connectivity index (χ4n) is 0.677. The van der Waals surface area contributed by atoms with Crippen molar-refractivity contribution in [2.45, 2.75) is 0 Å². The Morgan fingerprint density at radius 2 is 1.83 bits per heavy atom. The minimum Gasteiger partial charge on any atom is -0.365 e. The zero-order valence-electron chi connectivity index (χ0n) is 6.85. The molecule has 0 heterocycles. The van der Waals surface area contributed by atoms with Crippen molar-refractivity contribution < 1.29 is 4.92 Å². The summed E-state index contributed by atoms with van der Waals surface area (Å²) in [6, 6.07) is 0. The predicted octanol–water partition coefficient (Wildman–Crippen LogP) is 1.41. The van der Waals surface area contributed by atoms with Crippen LogP contribution in [-0.4, -0.2) is 22.9 Å². The molecule has 0 aliphatic carbocycles. The van der Waals surface area contributed by atoms with Gasteiger partial charge < -0.3 is 4.90 Å². The first-order valence-electron chi connectivity index (χ1n) is 3.48. The Morgan fingerprint density at radius 1 is 1.33 bits per heavy atom. The van der Waals surface area contributed by atoms with Gasteiger partial charge in [-0.15, -0.1) is 13.2 Å². The van der Waals surface area contributed by atoms with E-state index < -0.39 is 4.92 Å². The van der Waals surface area contributed by atoms with Crippen LogP contribution in [0.2, 0.25) is 0 Å². The van der Waals surface area contributed by atoms with Crippen LogP contribution >= 0.6 is 0 Å². The largest absolute Gasteiger partial charge is 0.365 e. The summed E-state index contributed by atoms with van der Waals surface area (Å²) in [7, 11) is 0. The molecule has 0 unspecified atom stereocenters. The molecule has 0 atom stereocenters. The van der Waals surface area contributed by atoms with Gasteiger partial charge in [0.05, 0.1) is 11.1 Å². The Balaban J connectivity index is 4.00. The number of hydrogen-bond donors (Lipinski definition) is 0. The van der Waals surface area contributed by atoms with E-state index in [1.165, 1.54) is 6.20 Å². The molecule has 0 aromatic carbocycles. The highest BCUT2D eigenvalue weighted by molar-refractivity contribution is 4.86. The standard InChI is InChI=1S/C8H12N2O2/c1-3-5-9(6-4-2)7-8-10(11)12/h3-4,7-8H,1-2,5-6H2/b8-7+. The molecule has 0 aliphatic rings. The lowest BCUT2D eigenvalue weighted by Gasteiger charge is -2.13. The maximum atomic E-state index is 9.95. The predicted molar refractivity (Wildman–Crippen MR) is 48.1 cm³/mol. The summed E-state index contributed by atoms with van der Waals surface area (Å²) in [6.45, 7) is 8.22. The van der Waals surface area contributed by atoms with Crippen molar-refractivity contribution in [1.29, 1.82) is 0 Å². The molecule has 0 rings (SSSR count). The van der Waals surface area contributed by atoms with Crippen molar-refractivity contribution in [2.75, 3.05) is 13.1 Å². The Morgan fingerprint density at radius 3 is 2.17 bits per heavy atom. The van der Waals surface area contributed by atoms with Crippen LogP contribution in [-0.2, 0) is 0 Å². The van der Waals surface area contributed by atoms with Gasteiger partial charge in [-0.1, -0.05) is 12.2 Å². The van der Waals surface area contributed by atoms with Crippen LogP contribution in [0.5, 0.6) is 0 Å². The van der Waals surface area contributed by atoms with Crippen molar-refractivity contribution in [1.82, 2.24) is 4.90 Å². The fourth-order valence-corrected chi connectivity index (χ4v) is 0.677. The third kappa shape index (κ3) is 5.22. The Hall–Kier alpha value is -1.58. The molecule has 0 bridgehead atoms. The van der Waals surface area contributed by atoms with Crippen molar-refractivity contribution in [3.63, 3.8) is 0 Å². The second kappa shape index (κ2) is 6.15. The van der Waals surface area contributed by atoms with E-state index in [0.717, 1.165) is 6.20 Å². The van der Waals surface area contributed by atoms with Gasteiger partial charge in [-0.3, -0.25) is 10.1 Å². The van der Waals surface area contributed by atoms with E-state index in [9.17, 15) is 10.1 Å². The molecular formula is C8H12N2O2. The molecule has 0 saturated carbocycles. The highest BCUT2D eigenvalue weighted by Gasteiger charge is 1.94. The molecule has 0 radical (unpaired) electrons. The number of rotatable bonds is 6. The molecule has 0 aliphatic heterocycles. The van der Waals surface area contributed by atoms with Crippen molar-refractivity contribution in [3.8, 4) is 0 Å². The van der Waals surface area contributed by atoms with Gasteiger partial charge in [-0.25, -0.2) is 0 Å². The summed E-state index contributed by atoms with van der Waals surface area (Å²) in [4.78, 5) is 11.2. The molecule has 0 saturated heterocycles. The number of hydrogen-bond acceptors (Lipinski definition) is 3. The second-order valence-corrected chi connectivity index (χ2v) is 2.11. The van der Waals surface area contributed by atoms with Crippen LogP contribution in [0.25, 0.3) is 0 Å². The summed E-state index contributed by atoms with van der Waals surface area (Å²) >= 11 is 0. The topological polar surface area (TPSA) is 46.4 Å². The van der Waals surface area contributed by atoms with Crippen molar-refractivity contribution in [3.05, 3.63) is 47.8 Å². The van der Waals surface area contributed by atoms with Crippen molar-refractivity contribution in [2.24, 2.45) is 0 Å². The molecule has 0 aromatic heterocycles. The van der Waals surface area contributed by atoms with Crippen molar-refractivity contribution >= 4 is 0 Å². The van der Waals surface area contributed by atoms with Gasteiger partial charge in [0.25, 0.3) is 0 Å². The first kappa shape index (κ1) is 10.4. The maximum absolute atomic E-state index is 9.95. The van der Waals surface area contributed by atoms with E-state index in [1.54, 1.807) is 17.1 Å². The Labute approximate surface area is 71.6 Å². The third-order valence-electron chi connectivity index (χ3n) is 1.13. The van der Waals surface area contributed by atoms with Gasteiger partial charge in [0, 0.05) is 13.1 Å². The Bertz CT molecular complexity index is 189. The number of nitrogens with zero attached hydrogens (tertiary/aromatic N) is 2. The van der Waals surface area contributed by atoms with Crippen LogP contribution in [0.3, 0.4) is 0 Å². The summed E-state index contributed by atoms with van der Waals surface area (Å²) in [5, 5.41) is 9.95. The second-order valence-electron chi connectivity index (χ2n) is 2.11. The smallest absolute Gasteiger partial charge is 0.250 e. The van der Waals surface area contributed by atoms with Gasteiger partial charge in [-0.05, 0) is 0 Å². The maximum Gasteiger partial charge on any atom is 0.250 e. The first-order valence-corrected chi connectivity index (χ1v) is 3.48. The molecule has 0 spiro atoms. The zero-order valence-corrected chi connectivity index (χ0v) is 6.85. The molecule has 4 nitrogen and oxygen atoms in total. The highest BCUT2D eigenvalue weighted by atomic mass is 16.6. The quantitative estimate of drug-likeness (QED) is 0.342. The average molecular weight is 168 g/mol. The summed E-state index contributed by atoms with van der Waals surface area (Å²) in [5.41, 5.74) is 0. The SMILES string of the molecule is C=CCN(/C=C/[N+](=O)[O-])CC=C. The third-order valence-corrected chi connectivity index (χ3v) is 1.13. The van der Waals surface area contributed by atoms with Gasteiger partial charge >= 0.3 is 0 Å². The molecule has 66 valence electrons. The minimum absolute atomic E-state index is 0.501. The molecular weight excluding hydrogens is 156 g/mol. The molecule has 0 aromatic rings. The van der Waals surface area contributed by atoms with Gasteiger partial charge in [0.2, 0.25) is 6.20 Å². The van der Waals surface area contributed by atoms with Crippen LogP contribution in [0.15, 0.2) is 37.7 Å². The lowest BCUT2D eigenvalue weighted by Crippen LogP contribution is -2.17. The molecule has 0 N–H and O–H groups in total. The van der Waals surface area contributed by atoms with E-state index >= 15 is 0 Å². The molecule has 0 fully saturated rings. The van der Waals surface area contributed by atoms with Gasteiger partial charge in [0.15, 0.2) is 0 Å². The monoisotopic (exact) mass is 168 g/mol. The molecule has 0 amide bonds. The summed E-state index contributed by atoms with van der Waals surface area (Å²) in [6.07, 6.45) is 5.65. The van der Waals surface area contributed by atoms with Crippen LogP contribution in [0.4, 0.5) is 0 Å². The van der Waals surface area contributed by atoms with E-state index in [-0.39, 0.29) is 0 Å². The van der Waals surface area contributed by atoms with E-state index in [1.807, 2.05) is 0 Å². The number of nitro groups is 1. The van der Waals surface area contributed by atoms with Crippen LogP contribution in [0, 0.1) is 10.1 Å². The highest BCUT2D eigenvalue weighted by Crippen LogP contribution is 1.90. The average Bonchev–Trinajstić information content (AvgIpc) is 2.01. The lowest BCUT2D eigenvalue weighted by atomic mass is 10.5. The Kier molecular flexibility index (Phi) is 5.34. The fraction of sp³-hybridized carbons (Fsp3) is 0.250. The summed E-state index contributed by atoms with van der Waals surface area (Å²) < 4.78 is 0. The zero-order chi connectivity index (χ0) is 9.40. The van der Waals surface area contributed by atoms with Crippen LogP contribution < -0.4 is 0 Å². The van der Waals surface area contributed by atoms with E-state index in [2.05, 4.69) is 13.2 Å². The molecule has 4 heteroatoms. The van der Waals surface area contributed by atoms with Gasteiger partial charge in [0.1, 0.15) is 0 Å².